The van der Waals surface area contributed by atoms with Crippen LogP contribution in [0.3, 0.4) is 0 Å². The van der Waals surface area contributed by atoms with Gasteiger partial charge in [0, 0.05) is 19.6 Å². The Morgan fingerprint density at radius 3 is 2.53 bits per heavy atom. The number of nitrogens with zero attached hydrogens (tertiary/aromatic N) is 4. The standard InChI is InChI=1S/C12H20ClN5O/c1-12(2,19)8-14-10-15-9(13)16-11(17-10)18-6-4-3-5-7-18/h19H,3-8H2,1-2H3,(H,14,15,16,17). The summed E-state index contributed by atoms with van der Waals surface area (Å²) in [6, 6.07) is 0. The van der Waals surface area contributed by atoms with Crippen molar-refractivity contribution in [3.63, 3.8) is 0 Å². The van der Waals surface area contributed by atoms with E-state index in [4.69, 9.17) is 11.6 Å². The van der Waals surface area contributed by atoms with Crippen LogP contribution in [0, 0.1) is 0 Å². The summed E-state index contributed by atoms with van der Waals surface area (Å²) < 4.78 is 0. The molecule has 6 nitrogen and oxygen atoms in total. The average Bonchev–Trinajstić information content (AvgIpc) is 2.36. The van der Waals surface area contributed by atoms with Gasteiger partial charge >= 0.3 is 0 Å². The van der Waals surface area contributed by atoms with Crippen LogP contribution < -0.4 is 10.2 Å². The van der Waals surface area contributed by atoms with E-state index in [2.05, 4.69) is 25.2 Å². The fourth-order valence-corrected chi connectivity index (χ4v) is 2.11. The van der Waals surface area contributed by atoms with Crippen LogP contribution in [0.1, 0.15) is 33.1 Å². The van der Waals surface area contributed by atoms with E-state index >= 15 is 0 Å². The topological polar surface area (TPSA) is 74.2 Å². The molecule has 1 aromatic heterocycles. The van der Waals surface area contributed by atoms with Crippen molar-refractivity contribution in [1.82, 2.24) is 15.0 Å². The summed E-state index contributed by atoms with van der Waals surface area (Å²) in [4.78, 5) is 14.7. The molecule has 1 fully saturated rings. The SMILES string of the molecule is CC(C)(O)CNc1nc(Cl)nc(N2CCCCC2)n1. The number of aromatic nitrogens is 3. The summed E-state index contributed by atoms with van der Waals surface area (Å²) in [5.41, 5.74) is -0.829. The fraction of sp³-hybridized carbons (Fsp3) is 0.750. The first-order valence-electron chi connectivity index (χ1n) is 6.57. The monoisotopic (exact) mass is 285 g/mol. The number of rotatable bonds is 4. The molecule has 2 rings (SSSR count). The second-order valence-corrected chi connectivity index (χ2v) is 5.78. The van der Waals surface area contributed by atoms with Crippen LogP contribution in [0.2, 0.25) is 5.28 Å². The van der Waals surface area contributed by atoms with Crippen molar-refractivity contribution in [2.75, 3.05) is 29.9 Å². The zero-order chi connectivity index (χ0) is 13.9. The number of aliphatic hydroxyl groups is 1. The van der Waals surface area contributed by atoms with Crippen molar-refractivity contribution in [2.45, 2.75) is 38.7 Å². The number of nitrogens with one attached hydrogen (secondary N) is 1. The van der Waals surface area contributed by atoms with Crippen LogP contribution >= 0.6 is 11.6 Å². The zero-order valence-electron chi connectivity index (χ0n) is 11.4. The molecule has 19 heavy (non-hydrogen) atoms. The third kappa shape index (κ3) is 4.47. The summed E-state index contributed by atoms with van der Waals surface area (Å²) in [6.07, 6.45) is 3.55. The molecule has 1 aliphatic rings. The lowest BCUT2D eigenvalue weighted by molar-refractivity contribution is 0.0943. The Bertz CT molecular complexity index is 429. The molecule has 0 radical (unpaired) electrons. The second kappa shape index (κ2) is 5.88. The van der Waals surface area contributed by atoms with Crippen molar-refractivity contribution < 1.29 is 5.11 Å². The lowest BCUT2D eigenvalue weighted by Gasteiger charge is -2.26. The van der Waals surface area contributed by atoms with Gasteiger partial charge in [0.2, 0.25) is 17.2 Å². The van der Waals surface area contributed by atoms with Gasteiger partial charge in [0.05, 0.1) is 5.60 Å². The maximum atomic E-state index is 9.69. The predicted molar refractivity (Wildman–Crippen MR) is 75.7 cm³/mol. The molecule has 106 valence electrons. The van der Waals surface area contributed by atoms with Crippen LogP contribution in [-0.4, -0.2) is 45.3 Å². The highest BCUT2D eigenvalue weighted by atomic mass is 35.5. The number of halogens is 1. The van der Waals surface area contributed by atoms with Crippen LogP contribution in [0.15, 0.2) is 0 Å². The molecular weight excluding hydrogens is 266 g/mol. The van der Waals surface area contributed by atoms with E-state index < -0.39 is 5.60 Å². The summed E-state index contributed by atoms with van der Waals surface area (Å²) in [7, 11) is 0. The number of piperidine rings is 1. The van der Waals surface area contributed by atoms with E-state index in [9.17, 15) is 5.11 Å². The molecule has 2 N–H and O–H groups in total. The van der Waals surface area contributed by atoms with Gasteiger partial charge in [-0.25, -0.2) is 0 Å². The first-order valence-corrected chi connectivity index (χ1v) is 6.95. The summed E-state index contributed by atoms with van der Waals surface area (Å²) >= 11 is 5.93. The maximum absolute atomic E-state index is 9.69. The van der Waals surface area contributed by atoms with Crippen molar-refractivity contribution in [2.24, 2.45) is 0 Å². The van der Waals surface area contributed by atoms with Crippen molar-refractivity contribution >= 4 is 23.5 Å². The Balaban J connectivity index is 2.10. The van der Waals surface area contributed by atoms with Gasteiger partial charge in [-0.2, -0.15) is 15.0 Å². The third-order valence-electron chi connectivity index (χ3n) is 2.91. The van der Waals surface area contributed by atoms with Crippen LogP contribution in [0.5, 0.6) is 0 Å². The van der Waals surface area contributed by atoms with Gasteiger partial charge in [-0.3, -0.25) is 0 Å². The molecule has 0 aromatic carbocycles. The van der Waals surface area contributed by atoms with Crippen molar-refractivity contribution in [3.8, 4) is 0 Å². The van der Waals surface area contributed by atoms with Gasteiger partial charge in [-0.1, -0.05) is 0 Å². The Morgan fingerprint density at radius 2 is 1.89 bits per heavy atom. The Kier molecular flexibility index (Phi) is 4.42. The van der Waals surface area contributed by atoms with E-state index in [1.54, 1.807) is 13.8 Å². The molecule has 1 aromatic rings. The molecule has 7 heteroatoms. The van der Waals surface area contributed by atoms with E-state index in [1.165, 1.54) is 6.42 Å². The summed E-state index contributed by atoms with van der Waals surface area (Å²) in [6.45, 7) is 5.69. The van der Waals surface area contributed by atoms with Gasteiger partial charge in [-0.05, 0) is 44.7 Å². The quantitative estimate of drug-likeness (QED) is 0.877. The molecule has 0 aliphatic carbocycles. The normalized spacial score (nSPS) is 16.5. The average molecular weight is 286 g/mol. The van der Waals surface area contributed by atoms with Crippen LogP contribution in [0.25, 0.3) is 0 Å². The molecular formula is C12H20ClN5O. The molecule has 1 saturated heterocycles. The molecule has 0 saturated carbocycles. The fourth-order valence-electron chi connectivity index (χ4n) is 1.95. The van der Waals surface area contributed by atoms with Crippen LogP contribution in [-0.2, 0) is 0 Å². The minimum atomic E-state index is -0.829. The minimum Gasteiger partial charge on any atom is -0.389 e. The van der Waals surface area contributed by atoms with Gasteiger partial charge in [-0.15, -0.1) is 0 Å². The molecule has 1 aliphatic heterocycles. The van der Waals surface area contributed by atoms with Gasteiger partial charge in [0.15, 0.2) is 0 Å². The minimum absolute atomic E-state index is 0.175. The highest BCUT2D eigenvalue weighted by Crippen LogP contribution is 2.18. The van der Waals surface area contributed by atoms with Gasteiger partial charge < -0.3 is 15.3 Å². The molecule has 0 spiro atoms. The van der Waals surface area contributed by atoms with Crippen molar-refractivity contribution in [1.29, 1.82) is 0 Å². The van der Waals surface area contributed by atoms with Crippen molar-refractivity contribution in [3.05, 3.63) is 5.28 Å². The summed E-state index contributed by atoms with van der Waals surface area (Å²) in [5, 5.41) is 12.8. The molecule has 0 unspecified atom stereocenters. The highest BCUT2D eigenvalue weighted by Gasteiger charge is 2.17. The number of hydrogen-bond donors (Lipinski definition) is 2. The molecule has 2 heterocycles. The Labute approximate surface area is 118 Å². The molecule has 0 bridgehead atoms. The van der Waals surface area contributed by atoms with E-state index in [-0.39, 0.29) is 5.28 Å². The van der Waals surface area contributed by atoms with E-state index in [0.717, 1.165) is 25.9 Å². The lowest BCUT2D eigenvalue weighted by Crippen LogP contribution is -2.32. The number of anilines is 2. The van der Waals surface area contributed by atoms with Gasteiger partial charge in [0.25, 0.3) is 0 Å². The lowest BCUT2D eigenvalue weighted by atomic mass is 10.1. The highest BCUT2D eigenvalue weighted by molar-refractivity contribution is 6.28. The Hall–Kier alpha value is -1.14. The largest absolute Gasteiger partial charge is 0.389 e. The second-order valence-electron chi connectivity index (χ2n) is 5.44. The predicted octanol–water partition coefficient (Wildman–Crippen LogP) is 1.70. The Morgan fingerprint density at radius 1 is 1.21 bits per heavy atom. The molecule has 0 atom stereocenters. The molecule has 0 amide bonds. The third-order valence-corrected chi connectivity index (χ3v) is 3.08. The number of hydrogen-bond acceptors (Lipinski definition) is 6. The first kappa shape index (κ1) is 14.3. The van der Waals surface area contributed by atoms with Crippen LogP contribution in [0.4, 0.5) is 11.9 Å². The first-order chi connectivity index (χ1) is 8.94. The smallest absolute Gasteiger partial charge is 0.231 e. The summed E-state index contributed by atoms with van der Waals surface area (Å²) in [5.74, 6) is 1.01. The van der Waals surface area contributed by atoms with E-state index in [0.29, 0.717) is 18.4 Å². The zero-order valence-corrected chi connectivity index (χ0v) is 12.1. The van der Waals surface area contributed by atoms with E-state index in [1.807, 2.05) is 0 Å². The van der Waals surface area contributed by atoms with Gasteiger partial charge in [0.1, 0.15) is 0 Å². The maximum Gasteiger partial charge on any atom is 0.231 e.